The lowest BCUT2D eigenvalue weighted by molar-refractivity contribution is -0.133. The van der Waals surface area contributed by atoms with Gasteiger partial charge >= 0.3 is 0 Å². The maximum absolute atomic E-state index is 12.6. The van der Waals surface area contributed by atoms with Crippen molar-refractivity contribution in [3.05, 3.63) is 0 Å². The minimum absolute atomic E-state index is 0.0815. The zero-order valence-electron chi connectivity index (χ0n) is 12.6. The third-order valence-corrected chi connectivity index (χ3v) is 5.33. The first-order valence-corrected chi connectivity index (χ1v) is 8.17. The van der Waals surface area contributed by atoms with Crippen LogP contribution in [0.25, 0.3) is 0 Å². The third kappa shape index (κ3) is 3.50. The van der Waals surface area contributed by atoms with Gasteiger partial charge in [-0.2, -0.15) is 0 Å². The van der Waals surface area contributed by atoms with E-state index >= 15 is 0 Å². The van der Waals surface area contributed by atoms with Crippen LogP contribution >= 0.6 is 0 Å². The average Bonchev–Trinajstić information content (AvgIpc) is 2.83. The fraction of sp³-hybridized carbons (Fsp3) is 0.938. The molecule has 2 unspecified atom stereocenters. The molecule has 19 heavy (non-hydrogen) atoms. The van der Waals surface area contributed by atoms with E-state index in [2.05, 4.69) is 24.5 Å². The fourth-order valence-electron chi connectivity index (χ4n) is 3.91. The van der Waals surface area contributed by atoms with Crippen molar-refractivity contribution in [2.75, 3.05) is 19.6 Å². The minimum atomic E-state index is -0.0815. The van der Waals surface area contributed by atoms with E-state index in [9.17, 15) is 4.79 Å². The van der Waals surface area contributed by atoms with E-state index in [1.54, 1.807) is 0 Å². The van der Waals surface area contributed by atoms with Gasteiger partial charge in [0.25, 0.3) is 0 Å². The van der Waals surface area contributed by atoms with Crippen LogP contribution in [-0.4, -0.2) is 25.5 Å². The summed E-state index contributed by atoms with van der Waals surface area (Å²) in [5.74, 6) is 1.83. The monoisotopic (exact) mass is 266 g/mol. The standard InChI is InChI=1S/C16H30N2O/c1-3-7-16(8-10-17-11-9-16)15(19)18-12-14-6-4-5-13(14)2/h13-14,17H,3-12H2,1-2H3,(H,18,19). The Morgan fingerprint density at radius 3 is 2.63 bits per heavy atom. The van der Waals surface area contributed by atoms with Crippen LogP contribution in [0.15, 0.2) is 0 Å². The molecule has 0 radical (unpaired) electrons. The lowest BCUT2D eigenvalue weighted by atomic mass is 9.74. The fourth-order valence-corrected chi connectivity index (χ4v) is 3.91. The molecule has 2 rings (SSSR count). The number of hydrogen-bond donors (Lipinski definition) is 2. The maximum atomic E-state index is 12.6. The van der Waals surface area contributed by atoms with Crippen molar-refractivity contribution in [3.63, 3.8) is 0 Å². The van der Waals surface area contributed by atoms with E-state index in [0.717, 1.165) is 51.2 Å². The first-order valence-electron chi connectivity index (χ1n) is 8.17. The molecule has 0 spiro atoms. The van der Waals surface area contributed by atoms with Crippen molar-refractivity contribution in [3.8, 4) is 0 Å². The van der Waals surface area contributed by atoms with Gasteiger partial charge in [-0.3, -0.25) is 4.79 Å². The molecule has 2 aliphatic rings. The first-order chi connectivity index (χ1) is 9.18. The van der Waals surface area contributed by atoms with E-state index in [4.69, 9.17) is 0 Å². The topological polar surface area (TPSA) is 41.1 Å². The van der Waals surface area contributed by atoms with E-state index in [0.29, 0.717) is 11.8 Å². The lowest BCUT2D eigenvalue weighted by Crippen LogP contribution is -2.48. The number of nitrogens with one attached hydrogen (secondary N) is 2. The number of carbonyl (C=O) groups excluding carboxylic acids is 1. The SMILES string of the molecule is CCCC1(C(=O)NCC2CCCC2C)CCNCC1. The summed E-state index contributed by atoms with van der Waals surface area (Å²) in [6.07, 6.45) is 8.13. The lowest BCUT2D eigenvalue weighted by Gasteiger charge is -2.36. The van der Waals surface area contributed by atoms with Gasteiger partial charge in [-0.1, -0.05) is 33.1 Å². The Kier molecular flexibility index (Phi) is 5.26. The number of piperidine rings is 1. The molecule has 0 bridgehead atoms. The second kappa shape index (κ2) is 6.74. The number of carbonyl (C=O) groups is 1. The summed E-state index contributed by atoms with van der Waals surface area (Å²) in [7, 11) is 0. The molecular formula is C16H30N2O. The summed E-state index contributed by atoms with van der Waals surface area (Å²) in [5, 5.41) is 6.66. The summed E-state index contributed by atoms with van der Waals surface area (Å²) in [4.78, 5) is 12.6. The summed E-state index contributed by atoms with van der Waals surface area (Å²) >= 11 is 0. The zero-order valence-corrected chi connectivity index (χ0v) is 12.6. The molecular weight excluding hydrogens is 236 g/mol. The average molecular weight is 266 g/mol. The largest absolute Gasteiger partial charge is 0.355 e. The van der Waals surface area contributed by atoms with Gasteiger partial charge in [0.2, 0.25) is 5.91 Å². The van der Waals surface area contributed by atoms with Gasteiger partial charge in [-0.05, 0) is 50.6 Å². The normalized spacial score (nSPS) is 30.2. The van der Waals surface area contributed by atoms with Crippen LogP contribution in [0.1, 0.15) is 58.8 Å². The predicted octanol–water partition coefficient (Wildman–Crippen LogP) is 2.71. The molecule has 1 saturated heterocycles. The molecule has 110 valence electrons. The number of rotatable bonds is 5. The van der Waals surface area contributed by atoms with Gasteiger partial charge in [0.05, 0.1) is 5.41 Å². The molecule has 3 heteroatoms. The Bertz CT molecular complexity index is 292. The van der Waals surface area contributed by atoms with Crippen LogP contribution in [0.2, 0.25) is 0 Å². The van der Waals surface area contributed by atoms with Crippen molar-refractivity contribution in [1.82, 2.24) is 10.6 Å². The summed E-state index contributed by atoms with van der Waals surface area (Å²) < 4.78 is 0. The van der Waals surface area contributed by atoms with Gasteiger partial charge in [0.15, 0.2) is 0 Å². The van der Waals surface area contributed by atoms with Gasteiger partial charge in [-0.15, -0.1) is 0 Å². The summed E-state index contributed by atoms with van der Waals surface area (Å²) in [6, 6.07) is 0. The van der Waals surface area contributed by atoms with Crippen molar-refractivity contribution >= 4 is 5.91 Å². The van der Waals surface area contributed by atoms with E-state index < -0.39 is 0 Å². The van der Waals surface area contributed by atoms with Crippen molar-refractivity contribution in [2.45, 2.75) is 58.8 Å². The highest BCUT2D eigenvalue weighted by Crippen LogP contribution is 2.35. The molecule has 1 amide bonds. The predicted molar refractivity (Wildman–Crippen MR) is 79.0 cm³/mol. The Morgan fingerprint density at radius 2 is 2.05 bits per heavy atom. The highest BCUT2D eigenvalue weighted by atomic mass is 16.2. The van der Waals surface area contributed by atoms with Crippen LogP contribution in [-0.2, 0) is 4.79 Å². The van der Waals surface area contributed by atoms with E-state index in [1.165, 1.54) is 19.3 Å². The smallest absolute Gasteiger partial charge is 0.226 e. The maximum Gasteiger partial charge on any atom is 0.226 e. The quantitative estimate of drug-likeness (QED) is 0.803. The van der Waals surface area contributed by atoms with E-state index in [-0.39, 0.29) is 5.41 Å². The molecule has 2 atom stereocenters. The number of hydrogen-bond acceptors (Lipinski definition) is 2. The van der Waals surface area contributed by atoms with Crippen molar-refractivity contribution in [2.24, 2.45) is 17.3 Å². The number of amides is 1. The highest BCUT2D eigenvalue weighted by Gasteiger charge is 2.38. The first kappa shape index (κ1) is 14.8. The second-order valence-corrected chi connectivity index (χ2v) is 6.66. The molecule has 2 fully saturated rings. The van der Waals surface area contributed by atoms with Crippen LogP contribution in [0.3, 0.4) is 0 Å². The van der Waals surface area contributed by atoms with Gasteiger partial charge in [-0.25, -0.2) is 0 Å². The zero-order chi connectivity index (χ0) is 13.7. The van der Waals surface area contributed by atoms with Crippen LogP contribution in [0, 0.1) is 17.3 Å². The molecule has 1 saturated carbocycles. The molecule has 1 aliphatic carbocycles. The Balaban J connectivity index is 1.88. The van der Waals surface area contributed by atoms with Crippen LogP contribution in [0.4, 0.5) is 0 Å². The molecule has 0 aromatic heterocycles. The molecule has 3 nitrogen and oxygen atoms in total. The minimum Gasteiger partial charge on any atom is -0.355 e. The second-order valence-electron chi connectivity index (χ2n) is 6.66. The molecule has 1 heterocycles. The Labute approximate surface area is 117 Å². The van der Waals surface area contributed by atoms with E-state index in [1.807, 2.05) is 0 Å². The highest BCUT2D eigenvalue weighted by molar-refractivity contribution is 5.82. The van der Waals surface area contributed by atoms with Crippen LogP contribution < -0.4 is 10.6 Å². The van der Waals surface area contributed by atoms with Gasteiger partial charge in [0, 0.05) is 6.54 Å². The van der Waals surface area contributed by atoms with Gasteiger partial charge < -0.3 is 10.6 Å². The van der Waals surface area contributed by atoms with Crippen molar-refractivity contribution < 1.29 is 4.79 Å². The van der Waals surface area contributed by atoms with Crippen LogP contribution in [0.5, 0.6) is 0 Å². The summed E-state index contributed by atoms with van der Waals surface area (Å²) in [6.45, 7) is 7.41. The molecule has 1 aliphatic heterocycles. The summed E-state index contributed by atoms with van der Waals surface area (Å²) in [5.41, 5.74) is -0.0815. The Morgan fingerprint density at radius 1 is 1.32 bits per heavy atom. The van der Waals surface area contributed by atoms with Gasteiger partial charge in [0.1, 0.15) is 0 Å². The molecule has 0 aromatic rings. The molecule has 2 N–H and O–H groups in total. The molecule has 0 aromatic carbocycles. The Hall–Kier alpha value is -0.570. The third-order valence-electron chi connectivity index (χ3n) is 5.33. The van der Waals surface area contributed by atoms with Crippen molar-refractivity contribution in [1.29, 1.82) is 0 Å².